The van der Waals surface area contributed by atoms with Gasteiger partial charge in [0.2, 0.25) is 0 Å². The zero-order valence-corrected chi connectivity index (χ0v) is 13.3. The van der Waals surface area contributed by atoms with E-state index in [4.69, 9.17) is 5.11 Å². The van der Waals surface area contributed by atoms with E-state index >= 15 is 0 Å². The van der Waals surface area contributed by atoms with Crippen LogP contribution in [0.2, 0.25) is 0 Å². The van der Waals surface area contributed by atoms with Gasteiger partial charge in [-0.15, -0.1) is 6.58 Å². The highest BCUT2D eigenvalue weighted by Gasteiger charge is 1.88. The minimum Gasteiger partial charge on any atom is -0.396 e. The van der Waals surface area contributed by atoms with Crippen molar-refractivity contribution in [2.24, 2.45) is 0 Å². The van der Waals surface area contributed by atoms with Crippen molar-refractivity contribution in [2.45, 2.75) is 79.1 Å². The maximum Gasteiger partial charge on any atom is 0.0430 e. The maximum atomic E-state index is 8.07. The van der Waals surface area contributed by atoms with Gasteiger partial charge in [-0.2, -0.15) is 0 Å². The van der Waals surface area contributed by atoms with Crippen molar-refractivity contribution in [1.29, 1.82) is 0 Å². The Hall–Kier alpha value is -0.560. The van der Waals surface area contributed by atoms with E-state index in [2.05, 4.69) is 40.9 Å². The second-order valence-corrected chi connectivity index (χ2v) is 4.33. The normalized spacial score (nSPS) is 8.50. The molecule has 0 spiro atoms. The topological polar surface area (TPSA) is 20.2 Å². The molecule has 0 aromatic carbocycles. The van der Waals surface area contributed by atoms with Gasteiger partial charge in [0.1, 0.15) is 0 Å². The Bertz CT molecular complexity index is 148. The predicted octanol–water partition coefficient (Wildman–Crippen LogP) is 5.89. The average molecular weight is 256 g/mol. The van der Waals surface area contributed by atoms with E-state index in [9.17, 15) is 0 Å². The maximum absolute atomic E-state index is 8.07. The van der Waals surface area contributed by atoms with Gasteiger partial charge in [-0.25, -0.2) is 0 Å². The van der Waals surface area contributed by atoms with E-state index in [-0.39, 0.29) is 0 Å². The number of unbranched alkanes of at least 4 members (excludes halogenated alkanes) is 3. The minimum atomic E-state index is 0.344. The smallest absolute Gasteiger partial charge is 0.0430 e. The van der Waals surface area contributed by atoms with Crippen LogP contribution in [0, 0.1) is 0 Å². The zero-order valence-electron chi connectivity index (χ0n) is 13.3. The van der Waals surface area contributed by atoms with Crippen molar-refractivity contribution in [2.75, 3.05) is 6.61 Å². The summed E-state index contributed by atoms with van der Waals surface area (Å²) in [4.78, 5) is 0. The van der Waals surface area contributed by atoms with Crippen LogP contribution in [0.1, 0.15) is 79.1 Å². The van der Waals surface area contributed by atoms with E-state index in [1.807, 2.05) is 6.08 Å². The molecule has 0 saturated carbocycles. The summed E-state index contributed by atoms with van der Waals surface area (Å²) < 4.78 is 0. The highest BCUT2D eigenvalue weighted by molar-refractivity contribution is 4.91. The second kappa shape index (κ2) is 25.3. The van der Waals surface area contributed by atoms with E-state index < -0.39 is 0 Å². The van der Waals surface area contributed by atoms with Crippen molar-refractivity contribution < 1.29 is 5.11 Å². The molecule has 0 fully saturated rings. The Labute approximate surface area is 116 Å². The van der Waals surface area contributed by atoms with Crippen LogP contribution in [-0.2, 0) is 0 Å². The number of hydrogen-bond donors (Lipinski definition) is 1. The van der Waals surface area contributed by atoms with Gasteiger partial charge in [-0.05, 0) is 32.1 Å². The molecule has 0 heterocycles. The van der Waals surface area contributed by atoms with Gasteiger partial charge in [-0.1, -0.05) is 65.2 Å². The van der Waals surface area contributed by atoms with E-state index in [0.29, 0.717) is 6.61 Å². The van der Waals surface area contributed by atoms with Gasteiger partial charge in [0.25, 0.3) is 0 Å². The molecule has 18 heavy (non-hydrogen) atoms. The van der Waals surface area contributed by atoms with Gasteiger partial charge < -0.3 is 5.11 Å². The van der Waals surface area contributed by atoms with Crippen LogP contribution in [0.15, 0.2) is 24.8 Å². The Kier molecular flexibility index (Phi) is 31.8. The van der Waals surface area contributed by atoms with Gasteiger partial charge in [0, 0.05) is 6.61 Å². The van der Waals surface area contributed by atoms with Crippen LogP contribution in [0.3, 0.4) is 0 Å². The molecule has 0 unspecified atom stereocenters. The SMILES string of the molecule is C=C(CC)CCCCC.C=CCC.CCCCO. The van der Waals surface area contributed by atoms with Crippen molar-refractivity contribution in [1.82, 2.24) is 0 Å². The van der Waals surface area contributed by atoms with Gasteiger partial charge in [0.15, 0.2) is 0 Å². The third-order valence-electron chi connectivity index (χ3n) is 2.43. The highest BCUT2D eigenvalue weighted by Crippen LogP contribution is 2.08. The van der Waals surface area contributed by atoms with Crippen LogP contribution in [0.25, 0.3) is 0 Å². The van der Waals surface area contributed by atoms with Crippen LogP contribution in [0.4, 0.5) is 0 Å². The number of rotatable bonds is 8. The lowest BCUT2D eigenvalue weighted by atomic mass is 10.1. The summed E-state index contributed by atoms with van der Waals surface area (Å²) in [7, 11) is 0. The molecule has 0 saturated heterocycles. The first kappa shape index (κ1) is 22.6. The molecule has 0 aliphatic carbocycles. The number of hydrogen-bond acceptors (Lipinski definition) is 1. The van der Waals surface area contributed by atoms with Crippen molar-refractivity contribution >= 4 is 0 Å². The number of aliphatic hydroxyl groups excluding tert-OH is 1. The Morgan fingerprint density at radius 2 is 1.50 bits per heavy atom. The lowest BCUT2D eigenvalue weighted by Gasteiger charge is -1.98. The summed E-state index contributed by atoms with van der Waals surface area (Å²) in [5, 5.41) is 8.07. The minimum absolute atomic E-state index is 0.344. The molecular formula is C17H36O. The molecule has 0 aliphatic rings. The molecule has 0 atom stereocenters. The van der Waals surface area contributed by atoms with Crippen LogP contribution < -0.4 is 0 Å². The second-order valence-electron chi connectivity index (χ2n) is 4.33. The summed E-state index contributed by atoms with van der Waals surface area (Å²) >= 11 is 0. The van der Waals surface area contributed by atoms with Crippen molar-refractivity contribution in [3.8, 4) is 0 Å². The summed E-state index contributed by atoms with van der Waals surface area (Å²) in [6.45, 7) is 16.3. The lowest BCUT2D eigenvalue weighted by Crippen LogP contribution is -1.78. The Morgan fingerprint density at radius 1 is 1.00 bits per heavy atom. The third kappa shape index (κ3) is 36.1. The summed E-state index contributed by atoms with van der Waals surface area (Å²) in [6, 6.07) is 0. The van der Waals surface area contributed by atoms with Crippen LogP contribution in [0.5, 0.6) is 0 Å². The molecule has 0 aromatic rings. The summed E-state index contributed by atoms with van der Waals surface area (Å²) in [5.41, 5.74) is 1.41. The molecule has 1 N–H and O–H groups in total. The number of aliphatic hydroxyl groups is 1. The third-order valence-corrected chi connectivity index (χ3v) is 2.43. The van der Waals surface area contributed by atoms with E-state index in [1.54, 1.807) is 0 Å². The molecule has 0 aliphatic heterocycles. The fourth-order valence-electron chi connectivity index (χ4n) is 0.960. The fraction of sp³-hybridized carbons (Fsp3) is 0.765. The molecule has 110 valence electrons. The average Bonchev–Trinajstić information content (AvgIpc) is 2.40. The van der Waals surface area contributed by atoms with Gasteiger partial charge in [0.05, 0.1) is 0 Å². The summed E-state index contributed by atoms with van der Waals surface area (Å²) in [5.74, 6) is 0. The van der Waals surface area contributed by atoms with Crippen molar-refractivity contribution in [3.63, 3.8) is 0 Å². The van der Waals surface area contributed by atoms with Crippen molar-refractivity contribution in [3.05, 3.63) is 24.8 Å². The van der Waals surface area contributed by atoms with Crippen LogP contribution >= 0.6 is 0 Å². The first-order chi connectivity index (χ1) is 8.64. The first-order valence-electron chi connectivity index (χ1n) is 7.52. The largest absolute Gasteiger partial charge is 0.396 e. The standard InChI is InChI=1S/C9H18.C4H10O.C4H8/c1-4-6-7-8-9(3)5-2;1-2-3-4-5;1-3-4-2/h3-8H2,1-2H3;5H,2-4H2,1H3;3H,1,4H2,2H3. The molecule has 0 rings (SSSR count). The van der Waals surface area contributed by atoms with E-state index in [1.165, 1.54) is 31.3 Å². The quantitative estimate of drug-likeness (QED) is 0.424. The Morgan fingerprint density at radius 3 is 1.72 bits per heavy atom. The number of allylic oxidation sites excluding steroid dienone is 2. The monoisotopic (exact) mass is 256 g/mol. The molecule has 0 bridgehead atoms. The van der Waals surface area contributed by atoms with Crippen LogP contribution in [-0.4, -0.2) is 11.7 Å². The Balaban J connectivity index is -0.000000212. The summed E-state index contributed by atoms with van der Waals surface area (Å²) in [6.07, 6.45) is 11.4. The molecule has 0 radical (unpaired) electrons. The molecule has 0 amide bonds. The van der Waals surface area contributed by atoms with Gasteiger partial charge >= 0.3 is 0 Å². The van der Waals surface area contributed by atoms with Gasteiger partial charge in [-0.3, -0.25) is 0 Å². The molecule has 1 nitrogen and oxygen atoms in total. The lowest BCUT2D eigenvalue weighted by molar-refractivity contribution is 0.287. The molecule has 0 aromatic heterocycles. The zero-order chi connectivity index (χ0) is 14.6. The molecular weight excluding hydrogens is 220 g/mol. The predicted molar refractivity (Wildman–Crippen MR) is 86.1 cm³/mol. The first-order valence-corrected chi connectivity index (χ1v) is 7.52. The fourth-order valence-corrected chi connectivity index (χ4v) is 0.960. The van der Waals surface area contributed by atoms with E-state index in [0.717, 1.165) is 25.7 Å². The highest BCUT2D eigenvalue weighted by atomic mass is 16.2. The molecule has 1 heteroatoms.